The Morgan fingerprint density at radius 3 is 2.52 bits per heavy atom. The predicted octanol–water partition coefficient (Wildman–Crippen LogP) is 3.67. The van der Waals surface area contributed by atoms with Gasteiger partial charge in [0.15, 0.2) is 17.3 Å². The summed E-state index contributed by atoms with van der Waals surface area (Å²) >= 11 is 0. The molecule has 0 N–H and O–H groups in total. The van der Waals surface area contributed by atoms with Crippen LogP contribution < -0.4 is 9.47 Å². The summed E-state index contributed by atoms with van der Waals surface area (Å²) in [5.41, 5.74) is -0.163. The van der Waals surface area contributed by atoms with Crippen LogP contribution in [0.25, 0.3) is 0 Å². The van der Waals surface area contributed by atoms with Gasteiger partial charge in [0.2, 0.25) is 0 Å². The molecule has 0 bridgehead atoms. The minimum atomic E-state index is -3.00. The summed E-state index contributed by atoms with van der Waals surface area (Å²) in [4.78, 5) is 12.2. The Hall–Kier alpha value is -2.50. The van der Waals surface area contributed by atoms with Gasteiger partial charge in [-0.05, 0) is 24.3 Å². The fourth-order valence-electron chi connectivity index (χ4n) is 1.81. The average Bonchev–Trinajstić information content (AvgIpc) is 2.46. The van der Waals surface area contributed by atoms with Gasteiger partial charge in [-0.3, -0.25) is 4.79 Å². The van der Waals surface area contributed by atoms with E-state index >= 15 is 0 Å². The number of hydrogen-bond donors (Lipinski definition) is 0. The Labute approximate surface area is 118 Å². The van der Waals surface area contributed by atoms with Crippen molar-refractivity contribution in [2.45, 2.75) is 6.61 Å². The average molecular weight is 296 g/mol. The SMILES string of the molecule is COc1cccc(C(=O)c2cccc(OC(F)F)c2)c1F. The monoisotopic (exact) mass is 296 g/mol. The molecule has 0 unspecified atom stereocenters. The van der Waals surface area contributed by atoms with Crippen molar-refractivity contribution in [2.75, 3.05) is 7.11 Å². The molecular formula is C15H11F3O3. The number of ether oxygens (including phenoxy) is 2. The van der Waals surface area contributed by atoms with Gasteiger partial charge < -0.3 is 9.47 Å². The Kier molecular flexibility index (Phi) is 4.47. The fourth-order valence-corrected chi connectivity index (χ4v) is 1.81. The number of methoxy groups -OCH3 is 1. The minimum absolute atomic E-state index is 0.0419. The van der Waals surface area contributed by atoms with E-state index in [1.807, 2.05) is 0 Å². The van der Waals surface area contributed by atoms with Crippen molar-refractivity contribution in [3.05, 3.63) is 59.4 Å². The van der Waals surface area contributed by atoms with E-state index in [2.05, 4.69) is 4.74 Å². The quantitative estimate of drug-likeness (QED) is 0.790. The number of halogens is 3. The number of hydrogen-bond acceptors (Lipinski definition) is 3. The first kappa shape index (κ1) is 14.9. The van der Waals surface area contributed by atoms with Crippen molar-refractivity contribution < 1.29 is 27.4 Å². The summed E-state index contributed by atoms with van der Waals surface area (Å²) < 4.78 is 47.3. The lowest BCUT2D eigenvalue weighted by Crippen LogP contribution is -2.07. The van der Waals surface area contributed by atoms with Crippen LogP contribution in [-0.4, -0.2) is 19.5 Å². The molecular weight excluding hydrogens is 285 g/mol. The van der Waals surface area contributed by atoms with Crippen LogP contribution in [0.4, 0.5) is 13.2 Å². The zero-order chi connectivity index (χ0) is 15.4. The van der Waals surface area contributed by atoms with Crippen LogP contribution in [0.1, 0.15) is 15.9 Å². The fraction of sp³-hybridized carbons (Fsp3) is 0.133. The maximum atomic E-state index is 14.0. The smallest absolute Gasteiger partial charge is 0.387 e. The molecule has 2 aromatic rings. The van der Waals surface area contributed by atoms with Crippen LogP contribution in [-0.2, 0) is 0 Å². The highest BCUT2D eigenvalue weighted by Gasteiger charge is 2.18. The van der Waals surface area contributed by atoms with Gasteiger partial charge in [-0.1, -0.05) is 18.2 Å². The molecule has 0 saturated heterocycles. The highest BCUT2D eigenvalue weighted by atomic mass is 19.3. The maximum absolute atomic E-state index is 14.0. The summed E-state index contributed by atoms with van der Waals surface area (Å²) in [5.74, 6) is -1.68. The molecule has 0 atom stereocenters. The van der Waals surface area contributed by atoms with Gasteiger partial charge in [0.05, 0.1) is 12.7 Å². The lowest BCUT2D eigenvalue weighted by molar-refractivity contribution is -0.0498. The molecule has 2 aromatic carbocycles. The molecule has 2 rings (SSSR count). The zero-order valence-electron chi connectivity index (χ0n) is 11.0. The molecule has 0 aliphatic heterocycles. The number of benzene rings is 2. The highest BCUT2D eigenvalue weighted by molar-refractivity contribution is 6.09. The van der Waals surface area contributed by atoms with E-state index in [0.29, 0.717) is 0 Å². The van der Waals surface area contributed by atoms with Crippen molar-refractivity contribution in [3.8, 4) is 11.5 Å². The van der Waals surface area contributed by atoms with Gasteiger partial charge in [0.25, 0.3) is 0 Å². The van der Waals surface area contributed by atoms with Crippen LogP contribution >= 0.6 is 0 Å². The molecule has 0 heterocycles. The zero-order valence-corrected chi connectivity index (χ0v) is 11.0. The van der Waals surface area contributed by atoms with Crippen molar-refractivity contribution in [1.29, 1.82) is 0 Å². The van der Waals surface area contributed by atoms with Crippen LogP contribution in [0.5, 0.6) is 11.5 Å². The van der Waals surface area contributed by atoms with Crippen molar-refractivity contribution in [2.24, 2.45) is 0 Å². The lowest BCUT2D eigenvalue weighted by Gasteiger charge is -2.08. The number of carbonyl (C=O) groups is 1. The van der Waals surface area contributed by atoms with Gasteiger partial charge in [0.1, 0.15) is 5.75 Å². The van der Waals surface area contributed by atoms with Gasteiger partial charge in [-0.25, -0.2) is 4.39 Å². The second kappa shape index (κ2) is 6.30. The number of alkyl halides is 2. The van der Waals surface area contributed by atoms with E-state index < -0.39 is 18.2 Å². The molecule has 0 spiro atoms. The molecule has 3 nitrogen and oxygen atoms in total. The van der Waals surface area contributed by atoms with E-state index in [9.17, 15) is 18.0 Å². The summed E-state index contributed by atoms with van der Waals surface area (Å²) in [6.45, 7) is -3.00. The lowest BCUT2D eigenvalue weighted by atomic mass is 10.0. The van der Waals surface area contributed by atoms with E-state index in [0.717, 1.165) is 6.07 Å². The van der Waals surface area contributed by atoms with Gasteiger partial charge in [0, 0.05) is 5.56 Å². The number of rotatable bonds is 5. The van der Waals surface area contributed by atoms with Crippen LogP contribution in [0.2, 0.25) is 0 Å². The first-order valence-corrected chi connectivity index (χ1v) is 5.95. The molecule has 0 fully saturated rings. The molecule has 0 amide bonds. The first-order valence-electron chi connectivity index (χ1n) is 5.95. The van der Waals surface area contributed by atoms with Crippen molar-refractivity contribution >= 4 is 5.78 Å². The second-order valence-corrected chi connectivity index (χ2v) is 4.06. The maximum Gasteiger partial charge on any atom is 0.387 e. The van der Waals surface area contributed by atoms with E-state index in [-0.39, 0.29) is 22.6 Å². The van der Waals surface area contributed by atoms with Crippen molar-refractivity contribution in [3.63, 3.8) is 0 Å². The molecule has 6 heteroatoms. The second-order valence-electron chi connectivity index (χ2n) is 4.06. The number of ketones is 1. The summed E-state index contributed by atoms with van der Waals surface area (Å²) in [5, 5.41) is 0. The Bertz CT molecular complexity index is 656. The van der Waals surface area contributed by atoms with E-state index in [1.165, 1.54) is 43.5 Å². The standard InChI is InChI=1S/C15H11F3O3/c1-20-12-7-3-6-11(13(12)16)14(19)9-4-2-5-10(8-9)21-15(17)18/h2-8,15H,1H3. The molecule has 0 aromatic heterocycles. The Morgan fingerprint density at radius 1 is 1.14 bits per heavy atom. The summed E-state index contributed by atoms with van der Waals surface area (Å²) in [6, 6.07) is 9.32. The topological polar surface area (TPSA) is 35.5 Å². The van der Waals surface area contributed by atoms with E-state index in [1.54, 1.807) is 0 Å². The number of carbonyl (C=O) groups excluding carboxylic acids is 1. The molecule has 0 radical (unpaired) electrons. The van der Waals surface area contributed by atoms with Crippen molar-refractivity contribution in [1.82, 2.24) is 0 Å². The predicted molar refractivity (Wildman–Crippen MR) is 69.5 cm³/mol. The molecule has 21 heavy (non-hydrogen) atoms. The van der Waals surface area contributed by atoms with Crippen LogP contribution in [0, 0.1) is 5.82 Å². The molecule has 0 aliphatic rings. The Balaban J connectivity index is 2.36. The van der Waals surface area contributed by atoms with E-state index in [4.69, 9.17) is 4.74 Å². The molecule has 0 aliphatic carbocycles. The van der Waals surface area contributed by atoms with Gasteiger partial charge >= 0.3 is 6.61 Å². The van der Waals surface area contributed by atoms with Crippen LogP contribution in [0.3, 0.4) is 0 Å². The third-order valence-corrected chi connectivity index (χ3v) is 2.75. The minimum Gasteiger partial charge on any atom is -0.494 e. The highest BCUT2D eigenvalue weighted by Crippen LogP contribution is 2.24. The van der Waals surface area contributed by atoms with Gasteiger partial charge in [-0.2, -0.15) is 8.78 Å². The third-order valence-electron chi connectivity index (χ3n) is 2.75. The normalized spacial score (nSPS) is 10.5. The summed E-state index contributed by atoms with van der Waals surface area (Å²) in [7, 11) is 1.28. The third kappa shape index (κ3) is 3.34. The first-order chi connectivity index (χ1) is 10.0. The molecule has 110 valence electrons. The Morgan fingerprint density at radius 2 is 1.86 bits per heavy atom. The van der Waals surface area contributed by atoms with Crippen LogP contribution in [0.15, 0.2) is 42.5 Å². The largest absolute Gasteiger partial charge is 0.494 e. The van der Waals surface area contributed by atoms with Gasteiger partial charge in [-0.15, -0.1) is 0 Å². The molecule has 0 saturated carbocycles. The summed E-state index contributed by atoms with van der Waals surface area (Å²) in [6.07, 6.45) is 0.